The zero-order valence-electron chi connectivity index (χ0n) is 18.7. The molecule has 2 aromatic carbocycles. The first-order valence-electron chi connectivity index (χ1n) is 11.1. The van der Waals surface area contributed by atoms with E-state index in [0.29, 0.717) is 12.8 Å². The van der Waals surface area contributed by atoms with Gasteiger partial charge in [0, 0.05) is 29.2 Å². The predicted molar refractivity (Wildman–Crippen MR) is 132 cm³/mol. The number of imidazole rings is 1. The van der Waals surface area contributed by atoms with Crippen LogP contribution in [0.25, 0.3) is 28.0 Å². The van der Waals surface area contributed by atoms with Gasteiger partial charge in [-0.2, -0.15) is 0 Å². The summed E-state index contributed by atoms with van der Waals surface area (Å²) >= 11 is 6.16. The van der Waals surface area contributed by atoms with Crippen LogP contribution in [0.3, 0.4) is 0 Å². The molecule has 0 fully saturated rings. The van der Waals surface area contributed by atoms with E-state index >= 15 is 0 Å². The molecule has 0 aliphatic carbocycles. The van der Waals surface area contributed by atoms with Crippen LogP contribution in [0.4, 0.5) is 0 Å². The first-order chi connectivity index (χ1) is 15.5. The predicted octanol–water partition coefficient (Wildman–Crippen LogP) is 6.48. The van der Waals surface area contributed by atoms with E-state index in [9.17, 15) is 4.79 Å². The Bertz CT molecular complexity index is 1250. The molecular weight excluding hydrogens is 418 g/mol. The Hall–Kier alpha value is -3.11. The lowest BCUT2D eigenvalue weighted by Gasteiger charge is -2.12. The second-order valence-electron chi connectivity index (χ2n) is 8.26. The number of halogens is 1. The number of aromatic nitrogens is 2. The summed E-state index contributed by atoms with van der Waals surface area (Å²) < 4.78 is 2.13. The largest absolute Gasteiger partial charge is 0.354 e. The van der Waals surface area contributed by atoms with Crippen molar-refractivity contribution in [3.8, 4) is 22.4 Å². The van der Waals surface area contributed by atoms with Gasteiger partial charge < -0.3 is 9.72 Å². The van der Waals surface area contributed by atoms with Crippen molar-refractivity contribution in [3.63, 3.8) is 0 Å². The molecule has 1 atom stereocenters. The van der Waals surface area contributed by atoms with E-state index in [1.165, 1.54) is 0 Å². The van der Waals surface area contributed by atoms with Gasteiger partial charge in [0.05, 0.1) is 11.4 Å². The van der Waals surface area contributed by atoms with Crippen LogP contribution in [-0.4, -0.2) is 21.3 Å². The van der Waals surface area contributed by atoms with Crippen molar-refractivity contribution in [2.75, 3.05) is 0 Å². The molecule has 2 aromatic heterocycles. The highest BCUT2D eigenvalue weighted by molar-refractivity contribution is 6.30. The normalized spacial score (nSPS) is 12.1. The maximum atomic E-state index is 12.5. The molecule has 0 radical (unpaired) electrons. The molecule has 1 N–H and O–H groups in total. The van der Waals surface area contributed by atoms with Crippen LogP contribution >= 0.6 is 11.6 Å². The molecule has 4 nitrogen and oxygen atoms in total. The zero-order chi connectivity index (χ0) is 22.7. The van der Waals surface area contributed by atoms with Crippen molar-refractivity contribution < 1.29 is 4.79 Å². The van der Waals surface area contributed by atoms with Gasteiger partial charge in [-0.3, -0.25) is 4.79 Å². The molecule has 4 aromatic rings. The highest BCUT2D eigenvalue weighted by Crippen LogP contribution is 2.30. The third kappa shape index (κ3) is 4.71. The van der Waals surface area contributed by atoms with E-state index in [0.717, 1.165) is 50.7 Å². The number of rotatable bonds is 7. The van der Waals surface area contributed by atoms with Crippen LogP contribution in [0.1, 0.15) is 37.9 Å². The molecule has 5 heteroatoms. The fraction of sp³-hybridized carbons (Fsp3) is 0.259. The molecule has 0 saturated carbocycles. The summed E-state index contributed by atoms with van der Waals surface area (Å²) in [5.74, 6) is 0.0676. The van der Waals surface area contributed by atoms with Gasteiger partial charge in [-0.25, -0.2) is 4.98 Å². The van der Waals surface area contributed by atoms with Crippen LogP contribution in [0.15, 0.2) is 66.9 Å². The van der Waals surface area contributed by atoms with Crippen molar-refractivity contribution in [2.24, 2.45) is 0 Å². The van der Waals surface area contributed by atoms with E-state index in [-0.39, 0.29) is 11.9 Å². The van der Waals surface area contributed by atoms with Crippen LogP contribution < -0.4 is 5.32 Å². The van der Waals surface area contributed by atoms with Crippen molar-refractivity contribution in [1.82, 2.24) is 14.7 Å². The number of aryl methyl sites for hydroxylation is 2. The average molecular weight is 446 g/mol. The number of benzene rings is 2. The highest BCUT2D eigenvalue weighted by atomic mass is 35.5. The minimum atomic E-state index is 0.0676. The number of hydrogen-bond acceptors (Lipinski definition) is 2. The first kappa shape index (κ1) is 22.1. The molecule has 4 rings (SSSR count). The summed E-state index contributed by atoms with van der Waals surface area (Å²) in [6.07, 6.45) is 4.06. The first-order valence-corrected chi connectivity index (χ1v) is 11.5. The molecular formula is C27H28ClN3O. The minimum Gasteiger partial charge on any atom is -0.354 e. The Morgan fingerprint density at radius 2 is 1.88 bits per heavy atom. The van der Waals surface area contributed by atoms with Gasteiger partial charge in [-0.1, -0.05) is 54.9 Å². The average Bonchev–Trinajstić information content (AvgIpc) is 3.16. The summed E-state index contributed by atoms with van der Waals surface area (Å²) in [5.41, 5.74) is 7.23. The molecule has 0 unspecified atom stereocenters. The Morgan fingerprint density at radius 1 is 1.09 bits per heavy atom. The Balaban J connectivity index is 1.77. The van der Waals surface area contributed by atoms with Crippen molar-refractivity contribution >= 4 is 23.2 Å². The Kier molecular flexibility index (Phi) is 6.61. The quantitative estimate of drug-likeness (QED) is 0.354. The molecule has 0 spiro atoms. The van der Waals surface area contributed by atoms with Gasteiger partial charge in [0.25, 0.3) is 0 Å². The lowest BCUT2D eigenvalue weighted by molar-refractivity contribution is -0.121. The second-order valence-corrected chi connectivity index (χ2v) is 8.69. The number of amides is 1. The fourth-order valence-corrected chi connectivity index (χ4v) is 4.18. The standard InChI is InChI=1S/C27H28ClN3O/c1-4-19(3)29-26(32)15-13-24-27(20-8-6-5-7-9-20)30-25-14-10-21(17-31(24)25)23-12-11-22(28)16-18(23)2/h5-12,14,16-17,19H,4,13,15H2,1-3H3,(H,29,32)/t19-/m0/s1. The van der Waals surface area contributed by atoms with Gasteiger partial charge in [0.1, 0.15) is 5.65 Å². The molecule has 2 heterocycles. The topological polar surface area (TPSA) is 46.4 Å². The van der Waals surface area contributed by atoms with E-state index in [1.54, 1.807) is 0 Å². The third-order valence-corrected chi connectivity index (χ3v) is 6.11. The number of hydrogen-bond donors (Lipinski definition) is 1. The number of fused-ring (bicyclic) bond motifs is 1. The molecule has 164 valence electrons. The molecule has 0 saturated heterocycles. The number of carbonyl (C=O) groups is 1. The van der Waals surface area contributed by atoms with Gasteiger partial charge in [0.15, 0.2) is 0 Å². The Labute approximate surface area is 194 Å². The number of pyridine rings is 1. The molecule has 1 amide bonds. The molecule has 32 heavy (non-hydrogen) atoms. The van der Waals surface area contributed by atoms with E-state index in [1.807, 2.05) is 49.4 Å². The number of nitrogens with zero attached hydrogens (tertiary/aromatic N) is 2. The van der Waals surface area contributed by atoms with Crippen LogP contribution in [0, 0.1) is 6.92 Å². The van der Waals surface area contributed by atoms with Crippen molar-refractivity contribution in [1.29, 1.82) is 0 Å². The van der Waals surface area contributed by atoms with Crippen LogP contribution in [0.5, 0.6) is 0 Å². The molecule has 0 bridgehead atoms. The van der Waals surface area contributed by atoms with Crippen molar-refractivity contribution in [2.45, 2.75) is 46.1 Å². The van der Waals surface area contributed by atoms with Crippen LogP contribution in [0.2, 0.25) is 5.02 Å². The number of carbonyl (C=O) groups excluding carboxylic acids is 1. The van der Waals surface area contributed by atoms with E-state index in [2.05, 4.69) is 48.0 Å². The maximum Gasteiger partial charge on any atom is 0.220 e. The Morgan fingerprint density at radius 3 is 2.59 bits per heavy atom. The highest BCUT2D eigenvalue weighted by Gasteiger charge is 2.17. The van der Waals surface area contributed by atoms with Crippen LogP contribution in [-0.2, 0) is 11.2 Å². The lowest BCUT2D eigenvalue weighted by Crippen LogP contribution is -2.32. The van der Waals surface area contributed by atoms with Crippen molar-refractivity contribution in [3.05, 3.63) is 83.1 Å². The fourth-order valence-electron chi connectivity index (χ4n) is 3.95. The monoisotopic (exact) mass is 445 g/mol. The van der Waals surface area contributed by atoms with Gasteiger partial charge in [-0.15, -0.1) is 0 Å². The summed E-state index contributed by atoms with van der Waals surface area (Å²) in [6, 6.07) is 20.4. The van der Waals surface area contributed by atoms with E-state index < -0.39 is 0 Å². The second kappa shape index (κ2) is 9.58. The zero-order valence-corrected chi connectivity index (χ0v) is 19.5. The van der Waals surface area contributed by atoms with Gasteiger partial charge in [-0.05, 0) is 67.6 Å². The maximum absolute atomic E-state index is 12.5. The third-order valence-electron chi connectivity index (χ3n) is 5.87. The lowest BCUT2D eigenvalue weighted by atomic mass is 10.0. The van der Waals surface area contributed by atoms with Gasteiger partial charge in [0.2, 0.25) is 5.91 Å². The van der Waals surface area contributed by atoms with E-state index in [4.69, 9.17) is 16.6 Å². The van der Waals surface area contributed by atoms with Gasteiger partial charge >= 0.3 is 0 Å². The number of nitrogens with one attached hydrogen (secondary N) is 1. The molecule has 0 aliphatic heterocycles. The smallest absolute Gasteiger partial charge is 0.220 e. The minimum absolute atomic E-state index is 0.0676. The summed E-state index contributed by atoms with van der Waals surface area (Å²) in [5, 5.41) is 3.80. The molecule has 0 aliphatic rings. The summed E-state index contributed by atoms with van der Waals surface area (Å²) in [6.45, 7) is 6.17. The summed E-state index contributed by atoms with van der Waals surface area (Å²) in [7, 11) is 0. The SMILES string of the molecule is CC[C@H](C)NC(=O)CCc1c(-c2ccccc2)nc2ccc(-c3ccc(Cl)cc3C)cn12. The summed E-state index contributed by atoms with van der Waals surface area (Å²) in [4.78, 5) is 17.4.